The third kappa shape index (κ3) is 4.66. The van der Waals surface area contributed by atoms with Gasteiger partial charge in [-0.1, -0.05) is 6.07 Å². The second kappa shape index (κ2) is 9.09. The van der Waals surface area contributed by atoms with Crippen molar-refractivity contribution >= 4 is 15.9 Å². The number of piperazine rings is 1. The molecule has 1 aliphatic heterocycles. The molecule has 1 fully saturated rings. The Morgan fingerprint density at radius 3 is 2.38 bits per heavy atom. The maximum atomic E-state index is 12.9. The Balaban J connectivity index is 1.30. The van der Waals surface area contributed by atoms with E-state index in [2.05, 4.69) is 10.2 Å². The molecular formula is C22H24N4O5S. The molecule has 3 aromatic rings. The third-order valence-corrected chi connectivity index (χ3v) is 7.43. The van der Waals surface area contributed by atoms with E-state index in [0.717, 1.165) is 16.7 Å². The summed E-state index contributed by atoms with van der Waals surface area (Å²) in [6, 6.07) is 12.1. The lowest BCUT2D eigenvalue weighted by molar-refractivity contribution is -0.134. The summed E-state index contributed by atoms with van der Waals surface area (Å²) in [4.78, 5) is 14.4. The molecule has 9 nitrogen and oxygen atoms in total. The molecule has 1 aliphatic rings. The Morgan fingerprint density at radius 2 is 1.75 bits per heavy atom. The molecule has 2 aromatic carbocycles. The van der Waals surface area contributed by atoms with Crippen LogP contribution < -0.4 is 4.74 Å². The highest BCUT2D eigenvalue weighted by Crippen LogP contribution is 2.22. The number of amides is 1. The van der Waals surface area contributed by atoms with Crippen LogP contribution in [0.25, 0.3) is 11.5 Å². The van der Waals surface area contributed by atoms with Gasteiger partial charge in [-0.05, 0) is 61.4 Å². The Morgan fingerprint density at radius 1 is 1.03 bits per heavy atom. The average Bonchev–Trinajstić information content (AvgIpc) is 3.34. The molecule has 0 radical (unpaired) electrons. The van der Waals surface area contributed by atoms with E-state index < -0.39 is 10.0 Å². The van der Waals surface area contributed by atoms with Gasteiger partial charge in [0.05, 0.1) is 4.90 Å². The highest BCUT2D eigenvalue weighted by Gasteiger charge is 2.30. The second-order valence-corrected chi connectivity index (χ2v) is 9.53. The van der Waals surface area contributed by atoms with E-state index in [1.54, 1.807) is 41.3 Å². The predicted octanol–water partition coefficient (Wildman–Crippen LogP) is 2.27. The van der Waals surface area contributed by atoms with Gasteiger partial charge >= 0.3 is 0 Å². The van der Waals surface area contributed by atoms with Crippen LogP contribution in [0.3, 0.4) is 0 Å². The molecule has 0 saturated carbocycles. The Labute approximate surface area is 186 Å². The first-order valence-corrected chi connectivity index (χ1v) is 11.6. The van der Waals surface area contributed by atoms with Gasteiger partial charge < -0.3 is 14.1 Å². The molecule has 0 unspecified atom stereocenters. The number of rotatable bonds is 6. The first kappa shape index (κ1) is 22.0. The number of carbonyl (C=O) groups is 1. The molecule has 32 heavy (non-hydrogen) atoms. The fourth-order valence-electron chi connectivity index (χ4n) is 3.43. The summed E-state index contributed by atoms with van der Waals surface area (Å²) in [5.41, 5.74) is 2.73. The van der Waals surface area contributed by atoms with E-state index in [1.165, 1.54) is 10.7 Å². The maximum Gasteiger partial charge on any atom is 0.260 e. The van der Waals surface area contributed by atoms with Crippen molar-refractivity contribution in [3.63, 3.8) is 0 Å². The summed E-state index contributed by atoms with van der Waals surface area (Å²) in [6.45, 7) is 4.86. The lowest BCUT2D eigenvalue weighted by Gasteiger charge is -2.34. The van der Waals surface area contributed by atoms with Crippen molar-refractivity contribution in [1.82, 2.24) is 19.4 Å². The van der Waals surface area contributed by atoms with Gasteiger partial charge in [-0.2, -0.15) is 4.31 Å². The van der Waals surface area contributed by atoms with Crippen LogP contribution in [0.1, 0.15) is 11.1 Å². The fraction of sp³-hybridized carbons (Fsp3) is 0.318. The molecule has 1 aromatic heterocycles. The fourth-order valence-corrected chi connectivity index (χ4v) is 4.94. The summed E-state index contributed by atoms with van der Waals surface area (Å²) < 4.78 is 38.0. The summed E-state index contributed by atoms with van der Waals surface area (Å²) in [7, 11) is -3.58. The van der Waals surface area contributed by atoms with Gasteiger partial charge in [0.2, 0.25) is 22.3 Å². The minimum atomic E-state index is -3.58. The van der Waals surface area contributed by atoms with Crippen LogP contribution in [-0.2, 0) is 14.8 Å². The molecule has 0 atom stereocenters. The monoisotopic (exact) mass is 456 g/mol. The van der Waals surface area contributed by atoms with Crippen LogP contribution >= 0.6 is 0 Å². The number of nitrogens with zero attached hydrogens (tertiary/aromatic N) is 4. The highest BCUT2D eigenvalue weighted by molar-refractivity contribution is 7.89. The smallest absolute Gasteiger partial charge is 0.260 e. The minimum absolute atomic E-state index is 0.121. The maximum absolute atomic E-state index is 12.9. The zero-order chi connectivity index (χ0) is 22.7. The minimum Gasteiger partial charge on any atom is -0.484 e. The van der Waals surface area contributed by atoms with Crippen LogP contribution in [0.15, 0.2) is 58.2 Å². The summed E-state index contributed by atoms with van der Waals surface area (Å²) in [5.74, 6) is 0.757. The standard InChI is InChI=1S/C22H24N4O5S/c1-16-3-8-20(13-17(16)2)32(28,29)26-11-9-25(10-12-26)21(27)14-30-19-6-4-18(5-7-19)22-24-23-15-31-22/h3-8,13,15H,9-12,14H2,1-2H3. The van der Waals surface area contributed by atoms with Crippen molar-refractivity contribution in [2.45, 2.75) is 18.7 Å². The van der Waals surface area contributed by atoms with Crippen molar-refractivity contribution in [1.29, 1.82) is 0 Å². The Hall–Kier alpha value is -3.24. The zero-order valence-electron chi connectivity index (χ0n) is 17.9. The third-order valence-electron chi connectivity index (χ3n) is 5.53. The SMILES string of the molecule is Cc1ccc(S(=O)(=O)N2CCN(C(=O)COc3ccc(-c4nnco4)cc3)CC2)cc1C. The first-order valence-electron chi connectivity index (χ1n) is 10.2. The van der Waals surface area contributed by atoms with Crippen LogP contribution in [-0.4, -0.2) is 66.5 Å². The van der Waals surface area contributed by atoms with Crippen molar-refractivity contribution in [3.8, 4) is 17.2 Å². The molecule has 0 bridgehead atoms. The van der Waals surface area contributed by atoms with E-state index in [-0.39, 0.29) is 30.5 Å². The van der Waals surface area contributed by atoms with E-state index in [9.17, 15) is 13.2 Å². The average molecular weight is 457 g/mol. The molecule has 1 amide bonds. The van der Waals surface area contributed by atoms with Crippen LogP contribution in [0.5, 0.6) is 5.75 Å². The second-order valence-electron chi connectivity index (χ2n) is 7.59. The molecule has 0 N–H and O–H groups in total. The van der Waals surface area contributed by atoms with Gasteiger partial charge in [0.15, 0.2) is 6.61 Å². The van der Waals surface area contributed by atoms with Crippen LogP contribution in [0, 0.1) is 13.8 Å². The Bertz CT molecular complexity index is 1190. The van der Waals surface area contributed by atoms with E-state index in [0.29, 0.717) is 24.7 Å². The van der Waals surface area contributed by atoms with Gasteiger partial charge in [-0.3, -0.25) is 4.79 Å². The molecule has 168 valence electrons. The number of ether oxygens (including phenoxy) is 1. The number of benzene rings is 2. The predicted molar refractivity (Wildman–Crippen MR) is 116 cm³/mol. The van der Waals surface area contributed by atoms with Crippen molar-refractivity contribution in [2.75, 3.05) is 32.8 Å². The quantitative estimate of drug-likeness (QED) is 0.560. The van der Waals surface area contributed by atoms with Gasteiger partial charge in [0, 0.05) is 31.7 Å². The molecule has 0 spiro atoms. The number of aryl methyl sites for hydroxylation is 2. The summed E-state index contributed by atoms with van der Waals surface area (Å²) in [6.07, 6.45) is 1.26. The van der Waals surface area contributed by atoms with Gasteiger partial charge in [0.25, 0.3) is 5.91 Å². The summed E-state index contributed by atoms with van der Waals surface area (Å²) in [5, 5.41) is 7.48. The molecule has 0 aliphatic carbocycles. The lowest BCUT2D eigenvalue weighted by Crippen LogP contribution is -2.51. The van der Waals surface area contributed by atoms with Gasteiger partial charge in [-0.15, -0.1) is 10.2 Å². The largest absolute Gasteiger partial charge is 0.484 e. The van der Waals surface area contributed by atoms with Crippen LogP contribution in [0.2, 0.25) is 0 Å². The topological polar surface area (TPSA) is 106 Å². The summed E-state index contributed by atoms with van der Waals surface area (Å²) >= 11 is 0. The molecular weight excluding hydrogens is 432 g/mol. The van der Waals surface area contributed by atoms with Crippen molar-refractivity contribution < 1.29 is 22.4 Å². The molecule has 4 rings (SSSR count). The molecule has 1 saturated heterocycles. The lowest BCUT2D eigenvalue weighted by atomic mass is 10.1. The highest BCUT2D eigenvalue weighted by atomic mass is 32.2. The van der Waals surface area contributed by atoms with E-state index >= 15 is 0 Å². The number of aromatic nitrogens is 2. The number of hydrogen-bond acceptors (Lipinski definition) is 7. The zero-order valence-corrected chi connectivity index (χ0v) is 18.7. The first-order chi connectivity index (χ1) is 15.3. The normalized spacial score (nSPS) is 15.0. The Kier molecular flexibility index (Phi) is 6.24. The van der Waals surface area contributed by atoms with Gasteiger partial charge in [-0.25, -0.2) is 8.42 Å². The number of sulfonamides is 1. The number of hydrogen-bond donors (Lipinski definition) is 0. The van der Waals surface area contributed by atoms with Gasteiger partial charge in [0.1, 0.15) is 5.75 Å². The van der Waals surface area contributed by atoms with E-state index in [1.807, 2.05) is 19.9 Å². The van der Waals surface area contributed by atoms with E-state index in [4.69, 9.17) is 9.15 Å². The van der Waals surface area contributed by atoms with Crippen LogP contribution in [0.4, 0.5) is 0 Å². The van der Waals surface area contributed by atoms with Crippen molar-refractivity contribution in [2.24, 2.45) is 0 Å². The number of carbonyl (C=O) groups excluding carboxylic acids is 1. The molecule has 10 heteroatoms. The van der Waals surface area contributed by atoms with Crippen molar-refractivity contribution in [3.05, 3.63) is 60.0 Å². The molecule has 2 heterocycles.